The first-order chi connectivity index (χ1) is 7.18. The van der Waals surface area contributed by atoms with E-state index in [2.05, 4.69) is 0 Å². The lowest BCUT2D eigenvalue weighted by Gasteiger charge is -1.98. The molecule has 0 saturated carbocycles. The molecule has 7 heteroatoms. The van der Waals surface area contributed by atoms with Crippen LogP contribution in [0.5, 0.6) is 0 Å². The molecule has 0 N–H and O–H groups in total. The maximum absolute atomic E-state index is 11.1. The summed E-state index contributed by atoms with van der Waals surface area (Å²) < 4.78 is 43.5. The third-order valence-electron chi connectivity index (χ3n) is 1.73. The summed E-state index contributed by atoms with van der Waals surface area (Å²) >= 11 is 0. The van der Waals surface area contributed by atoms with Gasteiger partial charge in [0.2, 0.25) is 0 Å². The van der Waals surface area contributed by atoms with Crippen molar-refractivity contribution >= 4 is 35.6 Å². The molecule has 0 radical (unpaired) electrons. The topological polar surface area (TPSA) is 68.3 Å². The molecule has 0 atom stereocenters. The van der Waals surface area contributed by atoms with Gasteiger partial charge in [-0.1, -0.05) is 12.1 Å². The minimum absolute atomic E-state index is 0.179. The first-order valence-electron chi connectivity index (χ1n) is 4.11. The summed E-state index contributed by atoms with van der Waals surface area (Å²) in [6.07, 6.45) is 2.38. The van der Waals surface area contributed by atoms with Crippen LogP contribution in [0.1, 0.15) is 5.56 Å². The second kappa shape index (κ2) is 4.57. The predicted molar refractivity (Wildman–Crippen MR) is 63.4 cm³/mol. The average molecular weight is 281 g/mol. The Morgan fingerprint density at radius 2 is 1.56 bits per heavy atom. The van der Waals surface area contributed by atoms with Gasteiger partial charge in [0.1, 0.15) is 0 Å². The van der Waals surface area contributed by atoms with E-state index < -0.39 is 18.9 Å². The summed E-state index contributed by atoms with van der Waals surface area (Å²) in [6.45, 7) is 0. The van der Waals surface area contributed by atoms with E-state index in [-0.39, 0.29) is 4.90 Å². The Bertz CT molecular complexity index is 597. The first-order valence-corrected chi connectivity index (χ1v) is 8.38. The molecule has 0 heterocycles. The summed E-state index contributed by atoms with van der Waals surface area (Å²) in [5.74, 6) is 0. The fraction of sp³-hybridized carbons (Fsp3) is 0.111. The van der Waals surface area contributed by atoms with Crippen LogP contribution in [0.3, 0.4) is 0 Å². The van der Waals surface area contributed by atoms with Crippen LogP contribution in [0.25, 0.3) is 6.08 Å². The van der Waals surface area contributed by atoms with Gasteiger partial charge in [-0.25, -0.2) is 16.8 Å². The van der Waals surface area contributed by atoms with Crippen LogP contribution in [0.4, 0.5) is 0 Å². The Balaban J connectivity index is 3.02. The molecule has 0 amide bonds. The zero-order valence-electron chi connectivity index (χ0n) is 8.29. The molecule has 0 fully saturated rings. The molecule has 0 spiro atoms. The Labute approximate surface area is 98.9 Å². The zero-order valence-corrected chi connectivity index (χ0v) is 10.7. The van der Waals surface area contributed by atoms with E-state index in [1.807, 2.05) is 0 Å². The maximum Gasteiger partial charge on any atom is 0.254 e. The highest BCUT2D eigenvalue weighted by molar-refractivity contribution is 8.16. The molecule has 0 unspecified atom stereocenters. The lowest BCUT2D eigenvalue weighted by Crippen LogP contribution is -1.96. The highest BCUT2D eigenvalue weighted by atomic mass is 35.7. The third-order valence-corrected chi connectivity index (χ3v) is 3.63. The SMILES string of the molecule is CS(=O)(=O)c1ccc(C=CS(=O)(=O)Cl)cc1. The normalized spacial score (nSPS) is 13.1. The molecule has 0 aliphatic rings. The van der Waals surface area contributed by atoms with E-state index in [0.717, 1.165) is 11.7 Å². The van der Waals surface area contributed by atoms with E-state index in [0.29, 0.717) is 5.56 Å². The summed E-state index contributed by atoms with van der Waals surface area (Å²) in [5.41, 5.74) is 0.552. The van der Waals surface area contributed by atoms with Crippen LogP contribution in [-0.2, 0) is 18.9 Å². The van der Waals surface area contributed by atoms with Crippen molar-refractivity contribution < 1.29 is 16.8 Å². The van der Waals surface area contributed by atoms with Crippen LogP contribution < -0.4 is 0 Å². The fourth-order valence-corrected chi connectivity index (χ4v) is 2.09. The van der Waals surface area contributed by atoms with Crippen molar-refractivity contribution in [1.29, 1.82) is 0 Å². The molecule has 0 aliphatic heterocycles. The molecule has 16 heavy (non-hydrogen) atoms. The number of hydrogen-bond donors (Lipinski definition) is 0. The summed E-state index contributed by atoms with van der Waals surface area (Å²) in [5, 5.41) is 0.837. The number of rotatable bonds is 3. The van der Waals surface area contributed by atoms with Gasteiger partial charge in [-0.15, -0.1) is 0 Å². The molecule has 0 aromatic heterocycles. The second-order valence-electron chi connectivity index (χ2n) is 3.12. The lowest BCUT2D eigenvalue weighted by molar-refractivity contribution is 0.601. The second-order valence-corrected chi connectivity index (χ2v) is 7.65. The molecule has 0 bridgehead atoms. The van der Waals surface area contributed by atoms with Crippen LogP contribution >= 0.6 is 10.7 Å². The van der Waals surface area contributed by atoms with Crippen molar-refractivity contribution in [1.82, 2.24) is 0 Å². The van der Waals surface area contributed by atoms with E-state index in [1.54, 1.807) is 0 Å². The standard InChI is InChI=1S/C9H9ClO4S2/c1-15(11,12)9-4-2-8(3-5-9)6-7-16(10,13)14/h2-7H,1H3. The minimum Gasteiger partial charge on any atom is -0.224 e. The lowest BCUT2D eigenvalue weighted by atomic mass is 10.2. The Kier molecular flexibility index (Phi) is 3.77. The molecule has 0 saturated heterocycles. The van der Waals surface area contributed by atoms with Gasteiger partial charge in [0, 0.05) is 22.3 Å². The number of sulfone groups is 1. The summed E-state index contributed by atoms with van der Waals surface area (Å²) in [7, 11) is -1.94. The Hall–Kier alpha value is -0.850. The number of halogens is 1. The van der Waals surface area contributed by atoms with Crippen LogP contribution in [-0.4, -0.2) is 23.1 Å². The fourth-order valence-electron chi connectivity index (χ4n) is 0.986. The van der Waals surface area contributed by atoms with Crippen LogP contribution in [0.15, 0.2) is 34.6 Å². The van der Waals surface area contributed by atoms with Gasteiger partial charge in [-0.3, -0.25) is 0 Å². The van der Waals surface area contributed by atoms with Gasteiger partial charge in [0.25, 0.3) is 9.05 Å². The molecular weight excluding hydrogens is 272 g/mol. The molecular formula is C9H9ClO4S2. The quantitative estimate of drug-likeness (QED) is 0.789. The van der Waals surface area contributed by atoms with E-state index in [4.69, 9.17) is 10.7 Å². The molecule has 0 aliphatic carbocycles. The maximum atomic E-state index is 11.1. The molecule has 1 rings (SSSR count). The zero-order chi connectivity index (χ0) is 12.4. The summed E-state index contributed by atoms with van der Waals surface area (Å²) in [4.78, 5) is 0.179. The van der Waals surface area contributed by atoms with E-state index in [9.17, 15) is 16.8 Å². The molecule has 4 nitrogen and oxygen atoms in total. The van der Waals surface area contributed by atoms with Crippen LogP contribution in [0, 0.1) is 0 Å². The van der Waals surface area contributed by atoms with Gasteiger partial charge >= 0.3 is 0 Å². The minimum atomic E-state index is -3.69. The Morgan fingerprint density at radius 1 is 1.06 bits per heavy atom. The summed E-state index contributed by atoms with van der Waals surface area (Å²) in [6, 6.07) is 5.79. The Morgan fingerprint density at radius 3 is 1.94 bits per heavy atom. The highest BCUT2D eigenvalue weighted by Crippen LogP contribution is 2.12. The number of hydrogen-bond acceptors (Lipinski definition) is 4. The number of benzene rings is 1. The van der Waals surface area contributed by atoms with Gasteiger partial charge in [0.05, 0.1) is 4.90 Å². The van der Waals surface area contributed by atoms with Crippen molar-refractivity contribution in [3.05, 3.63) is 35.2 Å². The highest BCUT2D eigenvalue weighted by Gasteiger charge is 2.05. The van der Waals surface area contributed by atoms with Crippen LogP contribution in [0.2, 0.25) is 0 Å². The molecule has 1 aromatic rings. The van der Waals surface area contributed by atoms with Gasteiger partial charge < -0.3 is 0 Å². The van der Waals surface area contributed by atoms with E-state index >= 15 is 0 Å². The average Bonchev–Trinajstić information content (AvgIpc) is 2.13. The third kappa shape index (κ3) is 4.34. The van der Waals surface area contributed by atoms with Gasteiger partial charge in [-0.05, 0) is 23.8 Å². The first kappa shape index (κ1) is 13.2. The monoisotopic (exact) mass is 280 g/mol. The van der Waals surface area contributed by atoms with Crippen molar-refractivity contribution in [2.24, 2.45) is 0 Å². The molecule has 1 aromatic carbocycles. The van der Waals surface area contributed by atoms with E-state index in [1.165, 1.54) is 30.3 Å². The van der Waals surface area contributed by atoms with Gasteiger partial charge in [-0.2, -0.15) is 0 Å². The van der Waals surface area contributed by atoms with Crippen molar-refractivity contribution in [2.45, 2.75) is 4.90 Å². The van der Waals surface area contributed by atoms with Gasteiger partial charge in [0.15, 0.2) is 9.84 Å². The van der Waals surface area contributed by atoms with Crippen molar-refractivity contribution in [2.75, 3.05) is 6.26 Å². The molecule has 88 valence electrons. The largest absolute Gasteiger partial charge is 0.254 e. The smallest absolute Gasteiger partial charge is 0.224 e. The van der Waals surface area contributed by atoms with Crippen molar-refractivity contribution in [3.63, 3.8) is 0 Å². The predicted octanol–water partition coefficient (Wildman–Crippen LogP) is 1.63. The van der Waals surface area contributed by atoms with Crippen molar-refractivity contribution in [3.8, 4) is 0 Å².